The lowest BCUT2D eigenvalue weighted by molar-refractivity contribution is -0.137. The summed E-state index contributed by atoms with van der Waals surface area (Å²) in [7, 11) is 0. The van der Waals surface area contributed by atoms with Crippen molar-refractivity contribution in [3.05, 3.63) is 64.7 Å². The Hall–Kier alpha value is -1.59. The van der Waals surface area contributed by atoms with Crippen LogP contribution in [0, 0.1) is 17.6 Å². The van der Waals surface area contributed by atoms with Gasteiger partial charge in [-0.1, -0.05) is 11.6 Å². The van der Waals surface area contributed by atoms with Gasteiger partial charge < -0.3 is 5.11 Å². The SMILES string of the molecule is O=C(O)CCC1CCC(Sc2ccc(Cl)cc2)(c2cc(F)ccc2F)CC1. The molecule has 1 N–H and O–H groups in total. The van der Waals surface area contributed by atoms with Gasteiger partial charge in [0.15, 0.2) is 0 Å². The van der Waals surface area contributed by atoms with Gasteiger partial charge in [-0.05, 0) is 80.5 Å². The molecule has 0 bridgehead atoms. The van der Waals surface area contributed by atoms with Crippen LogP contribution in [0.5, 0.6) is 0 Å². The Morgan fingerprint density at radius 1 is 1.15 bits per heavy atom. The fourth-order valence-electron chi connectivity index (χ4n) is 3.76. The van der Waals surface area contributed by atoms with Crippen LogP contribution >= 0.6 is 23.4 Å². The average Bonchev–Trinajstić information content (AvgIpc) is 2.65. The monoisotopic (exact) mass is 410 g/mol. The number of benzene rings is 2. The van der Waals surface area contributed by atoms with Gasteiger partial charge in [-0.2, -0.15) is 0 Å². The van der Waals surface area contributed by atoms with Crippen LogP contribution in [-0.4, -0.2) is 11.1 Å². The molecule has 0 aliphatic heterocycles. The van der Waals surface area contributed by atoms with Gasteiger partial charge in [-0.15, -0.1) is 11.8 Å². The second-order valence-corrected chi connectivity index (χ2v) is 8.94. The minimum absolute atomic E-state index is 0.149. The number of hydrogen-bond acceptors (Lipinski definition) is 2. The van der Waals surface area contributed by atoms with Crippen molar-refractivity contribution in [1.82, 2.24) is 0 Å². The lowest BCUT2D eigenvalue weighted by atomic mass is 9.76. The van der Waals surface area contributed by atoms with Crippen LogP contribution in [0.4, 0.5) is 8.78 Å². The van der Waals surface area contributed by atoms with E-state index in [1.54, 1.807) is 23.9 Å². The minimum Gasteiger partial charge on any atom is -0.481 e. The lowest BCUT2D eigenvalue weighted by Gasteiger charge is -2.40. The van der Waals surface area contributed by atoms with E-state index in [4.69, 9.17) is 16.7 Å². The lowest BCUT2D eigenvalue weighted by Crippen LogP contribution is -2.30. The standard InChI is InChI=1S/C21H21ClF2O2S/c22-15-2-5-17(6-3-15)27-21(18-13-16(23)4-7-19(18)24)11-9-14(10-12-21)1-8-20(25)26/h2-7,13-14H,1,8-12H2,(H,25,26). The molecule has 0 spiro atoms. The van der Waals surface area contributed by atoms with Crippen LogP contribution in [0.15, 0.2) is 47.4 Å². The first kappa shape index (κ1) is 20.2. The molecule has 3 rings (SSSR count). The van der Waals surface area contributed by atoms with E-state index < -0.39 is 22.4 Å². The van der Waals surface area contributed by atoms with Crippen molar-refractivity contribution in [2.24, 2.45) is 5.92 Å². The number of hydrogen-bond donors (Lipinski definition) is 1. The number of aliphatic carboxylic acids is 1. The van der Waals surface area contributed by atoms with Crippen molar-refractivity contribution in [3.8, 4) is 0 Å². The quantitative estimate of drug-likeness (QED) is 0.578. The third-order valence-corrected chi connectivity index (χ3v) is 7.00. The topological polar surface area (TPSA) is 37.3 Å². The van der Waals surface area contributed by atoms with Crippen LogP contribution < -0.4 is 0 Å². The van der Waals surface area contributed by atoms with Crippen molar-refractivity contribution in [2.75, 3.05) is 0 Å². The van der Waals surface area contributed by atoms with E-state index in [0.717, 1.165) is 23.8 Å². The Morgan fingerprint density at radius 2 is 1.81 bits per heavy atom. The molecule has 0 aromatic heterocycles. The maximum atomic E-state index is 14.6. The van der Waals surface area contributed by atoms with Crippen molar-refractivity contribution < 1.29 is 18.7 Å². The maximum Gasteiger partial charge on any atom is 0.303 e. The molecule has 0 heterocycles. The summed E-state index contributed by atoms with van der Waals surface area (Å²) in [6.45, 7) is 0. The Kier molecular flexibility index (Phi) is 6.43. The second kappa shape index (κ2) is 8.61. The Labute approximate surface area is 166 Å². The molecule has 0 atom stereocenters. The Morgan fingerprint density at radius 3 is 2.44 bits per heavy atom. The summed E-state index contributed by atoms with van der Waals surface area (Å²) in [5.41, 5.74) is 0.388. The number of carbonyl (C=O) groups is 1. The van der Waals surface area contributed by atoms with E-state index in [1.165, 1.54) is 12.1 Å². The molecular weight excluding hydrogens is 390 g/mol. The summed E-state index contributed by atoms with van der Waals surface area (Å²) in [6, 6.07) is 11.0. The number of carboxylic acid groups (broad SMARTS) is 1. The zero-order valence-electron chi connectivity index (χ0n) is 14.8. The van der Waals surface area contributed by atoms with E-state index in [0.29, 0.717) is 35.8 Å². The van der Waals surface area contributed by atoms with Crippen molar-refractivity contribution in [2.45, 2.75) is 48.2 Å². The summed E-state index contributed by atoms with van der Waals surface area (Å²) in [5.74, 6) is -1.34. The molecule has 1 aliphatic carbocycles. The van der Waals surface area contributed by atoms with Crippen molar-refractivity contribution >= 4 is 29.3 Å². The van der Waals surface area contributed by atoms with Crippen molar-refractivity contribution in [1.29, 1.82) is 0 Å². The zero-order valence-corrected chi connectivity index (χ0v) is 16.3. The molecule has 1 fully saturated rings. The highest BCUT2D eigenvalue weighted by Gasteiger charge is 2.40. The molecule has 2 aromatic rings. The minimum atomic E-state index is -0.793. The Balaban J connectivity index is 1.87. The third kappa shape index (κ3) is 5.02. The zero-order chi connectivity index (χ0) is 19.4. The van der Waals surface area contributed by atoms with Crippen molar-refractivity contribution in [3.63, 3.8) is 0 Å². The third-order valence-electron chi connectivity index (χ3n) is 5.23. The molecule has 0 unspecified atom stereocenters. The van der Waals surface area contributed by atoms with Crippen LogP contribution in [0.3, 0.4) is 0 Å². The number of thioether (sulfide) groups is 1. The molecule has 1 saturated carbocycles. The van der Waals surface area contributed by atoms with Gasteiger partial charge in [-0.25, -0.2) is 8.78 Å². The first-order valence-electron chi connectivity index (χ1n) is 9.00. The highest BCUT2D eigenvalue weighted by molar-refractivity contribution is 8.00. The van der Waals surface area contributed by atoms with E-state index >= 15 is 0 Å². The van der Waals surface area contributed by atoms with Gasteiger partial charge in [0.1, 0.15) is 11.6 Å². The van der Waals surface area contributed by atoms with Crippen LogP contribution in [0.25, 0.3) is 0 Å². The molecule has 144 valence electrons. The number of halogens is 3. The van der Waals surface area contributed by atoms with Gasteiger partial charge in [0.05, 0.1) is 0 Å². The predicted octanol–water partition coefficient (Wildman–Crippen LogP) is 6.66. The smallest absolute Gasteiger partial charge is 0.303 e. The summed E-state index contributed by atoms with van der Waals surface area (Å²) in [5, 5.41) is 9.53. The summed E-state index contributed by atoms with van der Waals surface area (Å²) in [4.78, 5) is 11.8. The summed E-state index contributed by atoms with van der Waals surface area (Å²) >= 11 is 7.51. The molecule has 2 nitrogen and oxygen atoms in total. The molecule has 2 aromatic carbocycles. The van der Waals surface area contributed by atoms with E-state index in [9.17, 15) is 13.6 Å². The molecule has 0 saturated heterocycles. The van der Waals surface area contributed by atoms with Gasteiger partial charge in [0.25, 0.3) is 0 Å². The highest BCUT2D eigenvalue weighted by atomic mass is 35.5. The molecule has 27 heavy (non-hydrogen) atoms. The largest absolute Gasteiger partial charge is 0.481 e. The number of rotatable bonds is 6. The fraction of sp³-hybridized carbons (Fsp3) is 0.381. The van der Waals surface area contributed by atoms with Crippen LogP contribution in [-0.2, 0) is 9.54 Å². The van der Waals surface area contributed by atoms with Crippen LogP contribution in [0.2, 0.25) is 5.02 Å². The number of carboxylic acids is 1. The van der Waals surface area contributed by atoms with E-state index in [1.807, 2.05) is 12.1 Å². The average molecular weight is 411 g/mol. The predicted molar refractivity (Wildman–Crippen MR) is 104 cm³/mol. The molecule has 0 radical (unpaired) electrons. The van der Waals surface area contributed by atoms with Gasteiger partial charge in [0.2, 0.25) is 0 Å². The van der Waals surface area contributed by atoms with Gasteiger partial charge in [-0.3, -0.25) is 4.79 Å². The van der Waals surface area contributed by atoms with Gasteiger partial charge >= 0.3 is 5.97 Å². The first-order chi connectivity index (χ1) is 12.9. The normalized spacial score (nSPS) is 22.6. The first-order valence-corrected chi connectivity index (χ1v) is 10.2. The van der Waals surface area contributed by atoms with Gasteiger partial charge in [0, 0.05) is 26.6 Å². The second-order valence-electron chi connectivity index (χ2n) is 7.05. The molecule has 0 amide bonds. The highest BCUT2D eigenvalue weighted by Crippen LogP contribution is 2.53. The van der Waals surface area contributed by atoms with E-state index in [-0.39, 0.29) is 6.42 Å². The Bertz CT molecular complexity index is 802. The molecule has 1 aliphatic rings. The summed E-state index contributed by atoms with van der Waals surface area (Å²) in [6.07, 6.45) is 3.71. The molecule has 6 heteroatoms. The maximum absolute atomic E-state index is 14.6. The summed E-state index contributed by atoms with van der Waals surface area (Å²) < 4.78 is 28.0. The van der Waals surface area contributed by atoms with E-state index in [2.05, 4.69) is 0 Å². The van der Waals surface area contributed by atoms with Crippen LogP contribution in [0.1, 0.15) is 44.1 Å². The molecular formula is C21H21ClF2O2S. The fourth-order valence-corrected chi connectivity index (χ4v) is 5.32.